The quantitative estimate of drug-likeness (QED) is 0.280. The smallest absolute Gasteiger partial charge is 0.645 e. The van der Waals surface area contributed by atoms with Gasteiger partial charge in [0.25, 0.3) is 0 Å². The Morgan fingerprint density at radius 3 is 1.36 bits per heavy atom. The van der Waals surface area contributed by atoms with Gasteiger partial charge in [-0.3, -0.25) is 9.97 Å². The van der Waals surface area contributed by atoms with E-state index in [0.717, 1.165) is 22.1 Å². The Hall–Kier alpha value is -3.61. The van der Waals surface area contributed by atoms with E-state index in [1.165, 1.54) is 0 Å². The van der Waals surface area contributed by atoms with Crippen molar-refractivity contribution in [1.29, 1.82) is 0 Å². The molecule has 13 heteroatoms. The minimum absolute atomic E-state index is 0. The van der Waals surface area contributed by atoms with Gasteiger partial charge in [-0.1, -0.05) is 63.0 Å². The van der Waals surface area contributed by atoms with E-state index in [4.69, 9.17) is 9.47 Å². The van der Waals surface area contributed by atoms with E-state index in [2.05, 4.69) is 41.2 Å². The molecule has 1 saturated heterocycles. The molecule has 2 N–H and O–H groups in total. The number of aromatic nitrogens is 4. The summed E-state index contributed by atoms with van der Waals surface area (Å²) in [5, 5.41) is 15.7. The molecule has 2 atom stereocenters. The van der Waals surface area contributed by atoms with Gasteiger partial charge in [0.15, 0.2) is 0 Å². The minimum Gasteiger partial charge on any atom is -0.645 e. The summed E-state index contributed by atoms with van der Waals surface area (Å²) < 4.78 is 12.5. The van der Waals surface area contributed by atoms with Crippen LogP contribution in [0.5, 0.6) is 0 Å². The molecule has 2 aromatic carbocycles. The summed E-state index contributed by atoms with van der Waals surface area (Å²) in [5.41, 5.74) is -0.0156. The number of carbonyl (C=O) groups excluding carboxylic acids is 2. The molecule has 1 aliphatic heterocycles. The van der Waals surface area contributed by atoms with Gasteiger partial charge in [-0.25, -0.2) is 9.97 Å². The number of amides is 2. The number of carbonyl (C=O) groups is 2. The summed E-state index contributed by atoms with van der Waals surface area (Å²) >= 11 is 0. The van der Waals surface area contributed by atoms with Crippen molar-refractivity contribution in [3.8, 4) is 0 Å². The molecule has 47 heavy (non-hydrogen) atoms. The van der Waals surface area contributed by atoms with Crippen molar-refractivity contribution in [2.75, 3.05) is 26.2 Å². The van der Waals surface area contributed by atoms with Crippen molar-refractivity contribution in [1.82, 2.24) is 30.6 Å². The van der Waals surface area contributed by atoms with Crippen molar-refractivity contribution in [2.45, 2.75) is 77.0 Å². The van der Waals surface area contributed by atoms with Crippen molar-refractivity contribution < 1.29 is 35.6 Å². The van der Waals surface area contributed by atoms with Gasteiger partial charge in [0.1, 0.15) is 11.2 Å². The van der Waals surface area contributed by atoms with E-state index in [1.54, 1.807) is 26.2 Å². The zero-order valence-corrected chi connectivity index (χ0v) is 28.6. The van der Waals surface area contributed by atoms with Crippen LogP contribution in [0, 0.1) is 0 Å². The molecule has 3 heterocycles. The molecule has 4 aromatic rings. The van der Waals surface area contributed by atoms with Gasteiger partial charge in [0.05, 0.1) is 70.9 Å². The Kier molecular flexibility index (Phi) is 11.3. The molecule has 2 amide bonds. The Balaban J connectivity index is 0.00000500. The molecule has 12 nitrogen and oxygen atoms in total. The third kappa shape index (κ3) is 9.27. The van der Waals surface area contributed by atoms with Crippen LogP contribution in [0.2, 0.25) is 0 Å². The zero-order valence-electron chi connectivity index (χ0n) is 27.6. The predicted molar refractivity (Wildman–Crippen MR) is 176 cm³/mol. The van der Waals surface area contributed by atoms with E-state index in [-0.39, 0.29) is 42.8 Å². The number of fused-ring (bicyclic) bond motifs is 2. The number of hydrogen-bond acceptors (Lipinski definition) is 10. The predicted octanol–water partition coefficient (Wildman–Crippen LogP) is 4.37. The van der Waals surface area contributed by atoms with Crippen LogP contribution in [0.25, 0.3) is 32.7 Å². The second kappa shape index (κ2) is 14.7. The molecule has 0 saturated carbocycles. The molecule has 0 unspecified atom stereocenters. The molecule has 1 aliphatic rings. The van der Waals surface area contributed by atoms with Crippen molar-refractivity contribution in [3.05, 3.63) is 82.9 Å². The van der Waals surface area contributed by atoms with Gasteiger partial charge in [0.2, 0.25) is 0 Å². The fraction of sp³-hybridized carbons (Fsp3) is 0.471. The number of para-hydroxylation sites is 4. The van der Waals surface area contributed by atoms with E-state index in [1.807, 2.05) is 76.2 Å². The van der Waals surface area contributed by atoms with E-state index in [9.17, 15) is 9.59 Å². The molecular formula is C34H42N8NiO4. The van der Waals surface area contributed by atoms with E-state index in [0.29, 0.717) is 24.5 Å². The Morgan fingerprint density at radius 1 is 0.617 bits per heavy atom. The first kappa shape index (κ1) is 36.2. The van der Waals surface area contributed by atoms with Crippen LogP contribution in [0.4, 0.5) is 0 Å². The fourth-order valence-corrected chi connectivity index (χ4v) is 5.05. The van der Waals surface area contributed by atoms with Crippen molar-refractivity contribution in [3.63, 3.8) is 0 Å². The van der Waals surface area contributed by atoms with Crippen molar-refractivity contribution >= 4 is 33.9 Å². The first-order valence-electron chi connectivity index (χ1n) is 15.4. The Morgan fingerprint density at radius 2 is 0.979 bits per heavy atom. The molecule has 5 rings (SSSR count). The summed E-state index contributed by atoms with van der Waals surface area (Å²) in [6, 6.07) is 15.1. The SMILES string of the molecule is CC1(C)CNC[C@@](C)(OCc2cnc3ccccc3n2)C(=O)[N-]C(C)(C)CNC[C@@](C)(OCc2cnc3ccccc3n2)C(=O)[N-]1.[Ni+2]. The van der Waals surface area contributed by atoms with Crippen LogP contribution in [0.15, 0.2) is 60.9 Å². The van der Waals surface area contributed by atoms with E-state index < -0.39 is 34.1 Å². The third-order valence-electron chi connectivity index (χ3n) is 7.83. The van der Waals surface area contributed by atoms with Gasteiger partial charge >= 0.3 is 16.5 Å². The summed E-state index contributed by atoms with van der Waals surface area (Å²) in [4.78, 5) is 45.7. The van der Waals surface area contributed by atoms with Crippen LogP contribution >= 0.6 is 0 Å². The number of hydrogen-bond donors (Lipinski definition) is 2. The summed E-state index contributed by atoms with van der Waals surface area (Å²) in [5.74, 6) is -0.811. The first-order chi connectivity index (χ1) is 21.8. The first-order valence-corrected chi connectivity index (χ1v) is 15.4. The van der Waals surface area contributed by atoms with E-state index >= 15 is 0 Å². The summed E-state index contributed by atoms with van der Waals surface area (Å²) in [7, 11) is 0. The van der Waals surface area contributed by atoms with Gasteiger partial charge in [-0.05, 0) is 51.2 Å². The number of benzene rings is 2. The molecule has 0 spiro atoms. The minimum atomic E-state index is -1.31. The zero-order chi connectivity index (χ0) is 33.0. The normalized spacial score (nSPS) is 23.7. The Bertz CT molecular complexity index is 1590. The molecule has 1 fully saturated rings. The van der Waals surface area contributed by atoms with Gasteiger partial charge < -0.3 is 40.3 Å². The second-order valence-corrected chi connectivity index (χ2v) is 13.4. The molecular weight excluding hydrogens is 643 g/mol. The number of nitrogens with one attached hydrogen (secondary N) is 2. The molecule has 0 radical (unpaired) electrons. The number of nitrogens with zero attached hydrogens (tertiary/aromatic N) is 6. The van der Waals surface area contributed by atoms with Gasteiger partial charge in [-0.15, -0.1) is 0 Å². The second-order valence-electron chi connectivity index (χ2n) is 13.4. The average molecular weight is 685 g/mol. The number of ether oxygens (including phenoxy) is 2. The van der Waals surface area contributed by atoms with Crippen LogP contribution in [0.3, 0.4) is 0 Å². The molecule has 252 valence electrons. The number of rotatable bonds is 6. The molecule has 2 aromatic heterocycles. The van der Waals surface area contributed by atoms with Crippen molar-refractivity contribution in [2.24, 2.45) is 0 Å². The summed E-state index contributed by atoms with van der Waals surface area (Å²) in [6.45, 7) is 11.8. The van der Waals surface area contributed by atoms with Crippen LogP contribution in [-0.2, 0) is 48.8 Å². The van der Waals surface area contributed by atoms with Crippen LogP contribution in [-0.4, -0.2) is 80.2 Å². The fourth-order valence-electron chi connectivity index (χ4n) is 5.05. The molecule has 0 bridgehead atoms. The third-order valence-corrected chi connectivity index (χ3v) is 7.83. The molecule has 0 aliphatic carbocycles. The van der Waals surface area contributed by atoms with Gasteiger partial charge in [-0.2, -0.15) is 0 Å². The van der Waals surface area contributed by atoms with Gasteiger partial charge in [0, 0.05) is 13.1 Å². The van der Waals surface area contributed by atoms with Crippen LogP contribution in [0.1, 0.15) is 52.9 Å². The maximum absolute atomic E-state index is 13.7. The van der Waals surface area contributed by atoms with Crippen LogP contribution < -0.4 is 10.6 Å². The maximum Gasteiger partial charge on any atom is 2.00 e. The largest absolute Gasteiger partial charge is 2.00 e. The Labute approximate surface area is 285 Å². The standard InChI is InChI=1S/C34H44N8O4.Ni/c1-31(2)19-35-21-34(6,46-18-24-16-38-26-12-8-10-14-28(26)40-24)30(44)42-32(3,4)20-36-22-33(5,29(43)41-31)45-17-23-15-37-25-11-7-9-13-27(25)39-23;/h7-16,35-36H,17-22H2,1-6H3,(H2,41,42,43,44);/q;+2/p-2/t33-,34-;/m1./s1. The monoisotopic (exact) mass is 684 g/mol. The summed E-state index contributed by atoms with van der Waals surface area (Å²) in [6.07, 6.45) is 3.30. The average Bonchev–Trinajstić information content (AvgIpc) is 3.01. The maximum atomic E-state index is 13.7. The topological polar surface area (TPSA) is 156 Å².